The van der Waals surface area contributed by atoms with Crippen LogP contribution in [0.4, 0.5) is 0 Å². The third-order valence-electron chi connectivity index (χ3n) is 1.81. The van der Waals surface area contributed by atoms with E-state index in [9.17, 15) is 8.42 Å². The fraction of sp³-hybridized carbons (Fsp3) is 0.857. The van der Waals surface area contributed by atoms with Gasteiger partial charge in [0.05, 0.1) is 11.3 Å². The molecule has 84 valence electrons. The van der Waals surface area contributed by atoms with Gasteiger partial charge in [0.1, 0.15) is 0 Å². The molecule has 0 bridgehead atoms. The molecular weight excluding hydrogens is 206 g/mol. The maximum Gasteiger partial charge on any atom is 0.214 e. The molecule has 4 N–H and O–H groups in total. The van der Waals surface area contributed by atoms with Crippen molar-refractivity contribution in [2.45, 2.75) is 38.5 Å². The first-order valence-electron chi connectivity index (χ1n) is 4.33. The number of nitrogens with two attached hydrogens (primary N) is 1. The second-order valence-electron chi connectivity index (χ2n) is 3.20. The summed E-state index contributed by atoms with van der Waals surface area (Å²) in [6, 6.07) is -0.646. The van der Waals surface area contributed by atoms with Crippen LogP contribution < -0.4 is 10.5 Å². The SMILES string of the molecule is CCC(NS(=O)(=O)C(C)C)/C(N)=N/O. The quantitative estimate of drug-likeness (QED) is 0.260. The lowest BCUT2D eigenvalue weighted by atomic mass is 10.2. The van der Waals surface area contributed by atoms with Gasteiger partial charge in [-0.2, -0.15) is 0 Å². The van der Waals surface area contributed by atoms with Gasteiger partial charge in [0, 0.05) is 0 Å². The number of nitrogens with one attached hydrogen (secondary N) is 1. The van der Waals surface area contributed by atoms with Gasteiger partial charge in [-0.25, -0.2) is 13.1 Å². The molecule has 1 unspecified atom stereocenters. The highest BCUT2D eigenvalue weighted by Crippen LogP contribution is 2.01. The first-order chi connectivity index (χ1) is 6.35. The van der Waals surface area contributed by atoms with Gasteiger partial charge in [-0.3, -0.25) is 0 Å². The van der Waals surface area contributed by atoms with E-state index in [2.05, 4.69) is 9.88 Å². The summed E-state index contributed by atoms with van der Waals surface area (Å²) in [7, 11) is -3.39. The van der Waals surface area contributed by atoms with Crippen LogP contribution in [0.3, 0.4) is 0 Å². The van der Waals surface area contributed by atoms with Gasteiger partial charge in [-0.1, -0.05) is 12.1 Å². The predicted molar refractivity (Wildman–Crippen MR) is 54.7 cm³/mol. The molecule has 0 saturated heterocycles. The van der Waals surface area contributed by atoms with Crippen molar-refractivity contribution in [3.05, 3.63) is 0 Å². The Bertz CT molecular complexity index is 297. The molecular formula is C7H17N3O3S. The van der Waals surface area contributed by atoms with Gasteiger partial charge in [0.2, 0.25) is 10.0 Å². The fourth-order valence-electron chi connectivity index (χ4n) is 0.757. The number of hydrogen-bond donors (Lipinski definition) is 3. The van der Waals surface area contributed by atoms with Crippen molar-refractivity contribution in [1.29, 1.82) is 0 Å². The molecule has 0 spiro atoms. The van der Waals surface area contributed by atoms with E-state index in [4.69, 9.17) is 10.9 Å². The molecule has 0 saturated carbocycles. The summed E-state index contributed by atoms with van der Waals surface area (Å²) < 4.78 is 25.2. The molecule has 14 heavy (non-hydrogen) atoms. The lowest BCUT2D eigenvalue weighted by Crippen LogP contribution is -2.46. The van der Waals surface area contributed by atoms with E-state index in [0.717, 1.165) is 0 Å². The van der Waals surface area contributed by atoms with Crippen molar-refractivity contribution >= 4 is 15.9 Å². The molecule has 0 aliphatic heterocycles. The Labute approximate surface area is 84.2 Å². The molecule has 7 heteroatoms. The molecule has 0 aliphatic carbocycles. The summed E-state index contributed by atoms with van der Waals surface area (Å²) in [6.07, 6.45) is 0.432. The minimum Gasteiger partial charge on any atom is -0.409 e. The van der Waals surface area contributed by atoms with Gasteiger partial charge in [0.15, 0.2) is 5.84 Å². The van der Waals surface area contributed by atoms with Crippen LogP contribution in [0.1, 0.15) is 27.2 Å². The van der Waals surface area contributed by atoms with Crippen molar-refractivity contribution in [2.24, 2.45) is 10.9 Å². The highest BCUT2D eigenvalue weighted by molar-refractivity contribution is 7.90. The van der Waals surface area contributed by atoms with Crippen LogP contribution in [0.2, 0.25) is 0 Å². The van der Waals surface area contributed by atoms with Crippen molar-refractivity contribution in [3.63, 3.8) is 0 Å². The van der Waals surface area contributed by atoms with Crippen molar-refractivity contribution in [1.82, 2.24) is 4.72 Å². The van der Waals surface area contributed by atoms with E-state index >= 15 is 0 Å². The average molecular weight is 223 g/mol. The molecule has 1 atom stereocenters. The van der Waals surface area contributed by atoms with Crippen LogP contribution in [0.25, 0.3) is 0 Å². The van der Waals surface area contributed by atoms with Crippen molar-refractivity contribution in [2.75, 3.05) is 0 Å². The molecule has 0 aromatic carbocycles. The molecule has 0 aromatic heterocycles. The zero-order chi connectivity index (χ0) is 11.4. The zero-order valence-electron chi connectivity index (χ0n) is 8.56. The minimum absolute atomic E-state index is 0.128. The van der Waals surface area contributed by atoms with Crippen LogP contribution in [-0.2, 0) is 10.0 Å². The van der Waals surface area contributed by atoms with Gasteiger partial charge in [-0.15, -0.1) is 0 Å². The second kappa shape index (κ2) is 5.16. The van der Waals surface area contributed by atoms with Gasteiger partial charge < -0.3 is 10.9 Å². The molecule has 0 rings (SSSR count). The molecule has 0 radical (unpaired) electrons. The fourth-order valence-corrected chi connectivity index (χ4v) is 1.71. The van der Waals surface area contributed by atoms with E-state index in [-0.39, 0.29) is 5.84 Å². The van der Waals surface area contributed by atoms with Crippen molar-refractivity contribution in [3.8, 4) is 0 Å². The van der Waals surface area contributed by atoms with Crippen LogP contribution in [0.5, 0.6) is 0 Å². The van der Waals surface area contributed by atoms with E-state index in [0.29, 0.717) is 6.42 Å². The zero-order valence-corrected chi connectivity index (χ0v) is 9.37. The Morgan fingerprint density at radius 2 is 2.07 bits per heavy atom. The number of nitrogens with zero attached hydrogens (tertiary/aromatic N) is 1. The van der Waals surface area contributed by atoms with Crippen LogP contribution in [0, 0.1) is 0 Å². The number of sulfonamides is 1. The number of oxime groups is 1. The van der Waals surface area contributed by atoms with Gasteiger partial charge >= 0.3 is 0 Å². The number of amidine groups is 1. The molecule has 0 amide bonds. The Balaban J connectivity index is 4.65. The molecule has 0 fully saturated rings. The second-order valence-corrected chi connectivity index (χ2v) is 5.47. The first kappa shape index (κ1) is 13.2. The predicted octanol–water partition coefficient (Wildman–Crippen LogP) is -0.161. The molecule has 0 aliphatic rings. The van der Waals surface area contributed by atoms with Gasteiger partial charge in [0.25, 0.3) is 0 Å². The Morgan fingerprint density at radius 1 is 1.57 bits per heavy atom. The third-order valence-corrected chi connectivity index (χ3v) is 3.66. The standard InChI is InChI=1S/C7H17N3O3S/c1-4-6(7(8)9-11)10-14(12,13)5(2)3/h5-6,10-11H,4H2,1-3H3,(H2,8,9). The smallest absolute Gasteiger partial charge is 0.214 e. The van der Waals surface area contributed by atoms with E-state index in [1.165, 1.54) is 0 Å². The van der Waals surface area contributed by atoms with E-state index < -0.39 is 21.3 Å². The molecule has 6 nitrogen and oxygen atoms in total. The monoisotopic (exact) mass is 223 g/mol. The van der Waals surface area contributed by atoms with Gasteiger partial charge in [-0.05, 0) is 20.3 Å². The van der Waals surface area contributed by atoms with E-state index in [1.54, 1.807) is 20.8 Å². The van der Waals surface area contributed by atoms with Crippen LogP contribution in [-0.4, -0.2) is 30.8 Å². The highest BCUT2D eigenvalue weighted by atomic mass is 32.2. The summed E-state index contributed by atoms with van der Waals surface area (Å²) in [5, 5.41) is 10.6. The Morgan fingerprint density at radius 3 is 2.36 bits per heavy atom. The number of hydrogen-bond acceptors (Lipinski definition) is 4. The summed E-state index contributed by atoms with van der Waals surface area (Å²) in [6.45, 7) is 4.86. The molecule has 0 heterocycles. The van der Waals surface area contributed by atoms with Crippen LogP contribution in [0.15, 0.2) is 5.16 Å². The topological polar surface area (TPSA) is 105 Å². The Kier molecular flexibility index (Phi) is 4.86. The lowest BCUT2D eigenvalue weighted by molar-refractivity contribution is 0.315. The summed E-state index contributed by atoms with van der Waals surface area (Å²) in [4.78, 5) is 0. The number of rotatable bonds is 5. The third kappa shape index (κ3) is 3.51. The Hall–Kier alpha value is -0.820. The summed E-state index contributed by atoms with van der Waals surface area (Å²) >= 11 is 0. The summed E-state index contributed by atoms with van der Waals surface area (Å²) in [5.41, 5.74) is 5.31. The molecule has 0 aromatic rings. The highest BCUT2D eigenvalue weighted by Gasteiger charge is 2.22. The van der Waals surface area contributed by atoms with Crippen molar-refractivity contribution < 1.29 is 13.6 Å². The minimum atomic E-state index is -3.39. The first-order valence-corrected chi connectivity index (χ1v) is 5.88. The maximum atomic E-state index is 11.4. The van der Waals surface area contributed by atoms with Crippen LogP contribution >= 0.6 is 0 Å². The van der Waals surface area contributed by atoms with E-state index in [1.807, 2.05) is 0 Å². The lowest BCUT2D eigenvalue weighted by Gasteiger charge is -2.17. The maximum absolute atomic E-state index is 11.4. The summed E-state index contributed by atoms with van der Waals surface area (Å²) in [5.74, 6) is -0.128. The normalized spacial score (nSPS) is 15.9. The largest absolute Gasteiger partial charge is 0.409 e. The average Bonchev–Trinajstić information content (AvgIpc) is 2.12.